The van der Waals surface area contributed by atoms with Crippen LogP contribution in [-0.2, 0) is 0 Å². The van der Waals surface area contributed by atoms with Crippen LogP contribution in [0.2, 0.25) is 5.02 Å². The third-order valence-electron chi connectivity index (χ3n) is 4.11. The largest absolute Gasteiger partial charge is 0.337 e. The zero-order valence-electron chi connectivity index (χ0n) is 15.7. The van der Waals surface area contributed by atoms with Gasteiger partial charge >= 0.3 is 0 Å². The minimum absolute atomic E-state index is 0.0728. The van der Waals surface area contributed by atoms with Crippen molar-refractivity contribution in [3.63, 3.8) is 0 Å². The zero-order chi connectivity index (χ0) is 20.3. The summed E-state index contributed by atoms with van der Waals surface area (Å²) in [5.41, 5.74) is 4.00. The molecule has 1 amide bonds. The lowest BCUT2D eigenvalue weighted by Gasteiger charge is -2.12. The number of halogens is 1. The maximum Gasteiger partial charge on any atom is 0.276 e. The van der Waals surface area contributed by atoms with Crippen LogP contribution in [0.25, 0.3) is 0 Å². The Balaban J connectivity index is 1.73. The molecule has 6 nitrogen and oxygen atoms in total. The Morgan fingerprint density at radius 2 is 1.79 bits per heavy atom. The van der Waals surface area contributed by atoms with Gasteiger partial charge in [0.1, 0.15) is 0 Å². The predicted molar refractivity (Wildman–Crippen MR) is 111 cm³/mol. The summed E-state index contributed by atoms with van der Waals surface area (Å²) < 4.78 is 0. The molecular formula is C21H19ClN4O2. The second-order valence-electron chi connectivity index (χ2n) is 6.46. The van der Waals surface area contributed by atoms with Crippen molar-refractivity contribution in [2.45, 2.75) is 20.8 Å². The van der Waals surface area contributed by atoms with Crippen LogP contribution in [0.3, 0.4) is 0 Å². The average Bonchev–Trinajstić information content (AvgIpc) is 2.65. The lowest BCUT2D eigenvalue weighted by molar-refractivity contribution is 0.100. The number of benzene rings is 2. The molecule has 0 unspecified atom stereocenters. The highest BCUT2D eigenvalue weighted by molar-refractivity contribution is 6.33. The second kappa shape index (κ2) is 8.19. The van der Waals surface area contributed by atoms with Crippen molar-refractivity contribution >= 4 is 40.5 Å². The molecule has 0 saturated carbocycles. The van der Waals surface area contributed by atoms with Crippen LogP contribution in [0.1, 0.15) is 38.9 Å². The van der Waals surface area contributed by atoms with E-state index in [1.54, 1.807) is 36.4 Å². The minimum atomic E-state index is -0.413. The number of aryl methyl sites for hydroxylation is 2. The van der Waals surface area contributed by atoms with Crippen molar-refractivity contribution < 1.29 is 9.59 Å². The summed E-state index contributed by atoms with van der Waals surface area (Å²) in [5.74, 6) is -0.00958. The predicted octanol–water partition coefficient (Wildman–Crippen LogP) is 4.95. The quantitative estimate of drug-likeness (QED) is 0.598. The summed E-state index contributed by atoms with van der Waals surface area (Å²) in [4.78, 5) is 23.8. The zero-order valence-corrected chi connectivity index (χ0v) is 16.5. The van der Waals surface area contributed by atoms with E-state index in [1.165, 1.54) is 6.92 Å². The molecule has 7 heteroatoms. The lowest BCUT2D eigenvalue weighted by Crippen LogP contribution is -2.15. The molecule has 142 valence electrons. The van der Waals surface area contributed by atoms with Gasteiger partial charge in [0.05, 0.1) is 10.7 Å². The van der Waals surface area contributed by atoms with Gasteiger partial charge < -0.3 is 10.6 Å². The number of carbonyl (C=O) groups excluding carboxylic acids is 2. The normalized spacial score (nSPS) is 10.4. The van der Waals surface area contributed by atoms with Crippen LogP contribution >= 0.6 is 11.6 Å². The molecule has 0 saturated heterocycles. The van der Waals surface area contributed by atoms with Crippen molar-refractivity contribution in [3.8, 4) is 0 Å². The Labute approximate surface area is 168 Å². The van der Waals surface area contributed by atoms with E-state index in [-0.39, 0.29) is 11.5 Å². The molecule has 0 spiro atoms. The van der Waals surface area contributed by atoms with E-state index in [4.69, 9.17) is 11.6 Å². The van der Waals surface area contributed by atoms with Gasteiger partial charge in [-0.1, -0.05) is 29.8 Å². The maximum atomic E-state index is 12.4. The standard InChI is InChI=1S/C21H19ClN4O2/c1-12-9-13(2)20(17(22)10-12)24-19-8-7-18(25-26-19)21(28)23-16-6-4-5-15(11-16)14(3)27/h4-11H,1-3H3,(H,23,28)(H,24,26). The van der Waals surface area contributed by atoms with E-state index in [0.29, 0.717) is 22.1 Å². The van der Waals surface area contributed by atoms with Crippen molar-refractivity contribution in [1.29, 1.82) is 0 Å². The number of hydrogen-bond donors (Lipinski definition) is 2. The first-order valence-corrected chi connectivity index (χ1v) is 9.01. The number of rotatable bonds is 5. The van der Waals surface area contributed by atoms with Gasteiger partial charge in [-0.3, -0.25) is 9.59 Å². The Bertz CT molecular complexity index is 1030. The van der Waals surface area contributed by atoms with E-state index in [9.17, 15) is 9.59 Å². The Morgan fingerprint density at radius 1 is 1.00 bits per heavy atom. The van der Waals surface area contributed by atoms with Gasteiger partial charge in [0.15, 0.2) is 17.3 Å². The summed E-state index contributed by atoms with van der Waals surface area (Å²) in [7, 11) is 0. The summed E-state index contributed by atoms with van der Waals surface area (Å²) in [5, 5.41) is 14.5. The molecule has 0 aliphatic carbocycles. The third-order valence-corrected chi connectivity index (χ3v) is 4.41. The Morgan fingerprint density at radius 3 is 2.43 bits per heavy atom. The van der Waals surface area contributed by atoms with E-state index in [2.05, 4.69) is 20.8 Å². The second-order valence-corrected chi connectivity index (χ2v) is 6.87. The van der Waals surface area contributed by atoms with Crippen molar-refractivity contribution in [2.75, 3.05) is 10.6 Å². The fourth-order valence-electron chi connectivity index (χ4n) is 2.73. The molecule has 3 rings (SSSR count). The first kappa shape index (κ1) is 19.5. The lowest BCUT2D eigenvalue weighted by atomic mass is 10.1. The average molecular weight is 395 g/mol. The highest BCUT2D eigenvalue weighted by Gasteiger charge is 2.11. The fourth-order valence-corrected chi connectivity index (χ4v) is 3.10. The number of nitrogens with zero attached hydrogens (tertiary/aromatic N) is 2. The van der Waals surface area contributed by atoms with Crippen LogP contribution < -0.4 is 10.6 Å². The van der Waals surface area contributed by atoms with Gasteiger partial charge in [-0.05, 0) is 62.2 Å². The maximum absolute atomic E-state index is 12.4. The first-order chi connectivity index (χ1) is 13.3. The molecule has 0 atom stereocenters. The van der Waals surface area contributed by atoms with Crippen LogP contribution in [0.15, 0.2) is 48.5 Å². The van der Waals surface area contributed by atoms with E-state index in [1.807, 2.05) is 26.0 Å². The van der Waals surface area contributed by atoms with Gasteiger partial charge in [-0.2, -0.15) is 0 Å². The van der Waals surface area contributed by atoms with Crippen LogP contribution in [-0.4, -0.2) is 21.9 Å². The SMILES string of the molecule is CC(=O)c1cccc(NC(=O)c2ccc(Nc3c(C)cc(C)cc3Cl)nn2)c1. The van der Waals surface area contributed by atoms with Gasteiger partial charge in [-0.25, -0.2) is 0 Å². The Kier molecular flexibility index (Phi) is 5.70. The number of Topliss-reactive ketones (excluding diaryl/α,β-unsaturated/α-hetero) is 1. The highest BCUT2D eigenvalue weighted by atomic mass is 35.5. The third kappa shape index (κ3) is 4.53. The van der Waals surface area contributed by atoms with Gasteiger partial charge in [-0.15, -0.1) is 10.2 Å². The molecule has 2 aromatic carbocycles. The molecule has 3 aromatic rings. The molecule has 1 aromatic heterocycles. The number of anilines is 3. The molecular weight excluding hydrogens is 376 g/mol. The molecule has 0 aliphatic rings. The van der Waals surface area contributed by atoms with Crippen LogP contribution in [0, 0.1) is 13.8 Å². The number of hydrogen-bond acceptors (Lipinski definition) is 5. The smallest absolute Gasteiger partial charge is 0.276 e. The molecule has 28 heavy (non-hydrogen) atoms. The van der Waals surface area contributed by atoms with Gasteiger partial charge in [0.25, 0.3) is 5.91 Å². The minimum Gasteiger partial charge on any atom is -0.337 e. The van der Waals surface area contributed by atoms with Crippen molar-refractivity contribution in [2.24, 2.45) is 0 Å². The Hall–Kier alpha value is -3.25. The number of carbonyl (C=O) groups is 2. The van der Waals surface area contributed by atoms with E-state index < -0.39 is 5.91 Å². The van der Waals surface area contributed by atoms with E-state index >= 15 is 0 Å². The number of nitrogens with one attached hydrogen (secondary N) is 2. The monoisotopic (exact) mass is 394 g/mol. The summed E-state index contributed by atoms with van der Waals surface area (Å²) >= 11 is 6.29. The van der Waals surface area contributed by atoms with Crippen LogP contribution in [0.5, 0.6) is 0 Å². The molecule has 0 radical (unpaired) electrons. The number of amides is 1. The topological polar surface area (TPSA) is 84.0 Å². The number of aromatic nitrogens is 2. The van der Waals surface area contributed by atoms with Gasteiger partial charge in [0, 0.05) is 11.3 Å². The fraction of sp³-hybridized carbons (Fsp3) is 0.143. The van der Waals surface area contributed by atoms with E-state index in [0.717, 1.165) is 16.8 Å². The summed E-state index contributed by atoms with van der Waals surface area (Å²) in [6.07, 6.45) is 0. The van der Waals surface area contributed by atoms with Crippen LogP contribution in [0.4, 0.5) is 17.2 Å². The highest BCUT2D eigenvalue weighted by Crippen LogP contribution is 2.29. The molecule has 0 aliphatic heterocycles. The molecule has 2 N–H and O–H groups in total. The van der Waals surface area contributed by atoms with Crippen molar-refractivity contribution in [3.05, 3.63) is 75.9 Å². The molecule has 0 bridgehead atoms. The molecule has 1 heterocycles. The first-order valence-electron chi connectivity index (χ1n) is 8.63. The van der Waals surface area contributed by atoms with Gasteiger partial charge in [0.2, 0.25) is 0 Å². The van der Waals surface area contributed by atoms with Crippen molar-refractivity contribution in [1.82, 2.24) is 10.2 Å². The summed E-state index contributed by atoms with van der Waals surface area (Å²) in [6, 6.07) is 13.8. The summed E-state index contributed by atoms with van der Waals surface area (Å²) in [6.45, 7) is 5.40. The number of ketones is 1. The molecule has 0 fully saturated rings.